The fraction of sp³-hybridized carbons (Fsp3) is 0. The summed E-state index contributed by atoms with van der Waals surface area (Å²) in [5, 5.41) is 10.0. The molecule has 8 aromatic carbocycles. The Balaban J connectivity index is 1.09. The second-order valence-corrected chi connectivity index (χ2v) is 16.1. The predicted molar refractivity (Wildman–Crippen MR) is 234 cm³/mol. The molecule has 0 fully saturated rings. The van der Waals surface area contributed by atoms with Crippen molar-refractivity contribution < 1.29 is 0 Å². The molecular weight excluding hydrogens is 709 g/mol. The highest BCUT2D eigenvalue weighted by atomic mass is 32.1. The van der Waals surface area contributed by atoms with Crippen LogP contribution >= 0.6 is 22.7 Å². The first-order chi connectivity index (χ1) is 27.2. The van der Waals surface area contributed by atoms with Gasteiger partial charge in [-0.1, -0.05) is 127 Å². The van der Waals surface area contributed by atoms with Gasteiger partial charge in [0.05, 0.1) is 11.0 Å². The summed E-state index contributed by atoms with van der Waals surface area (Å²) in [5.41, 5.74) is 6.52. The van der Waals surface area contributed by atoms with E-state index in [2.05, 4.69) is 138 Å². The van der Waals surface area contributed by atoms with Gasteiger partial charge in [-0.2, -0.15) is 0 Å². The molecule has 0 bridgehead atoms. The van der Waals surface area contributed by atoms with E-state index in [0.29, 0.717) is 17.5 Å². The quantitative estimate of drug-likeness (QED) is 0.181. The molecule has 0 radical (unpaired) electrons. The molecule has 4 aromatic heterocycles. The normalized spacial score (nSPS) is 12.0. The summed E-state index contributed by atoms with van der Waals surface area (Å²) in [6, 6.07) is 60.7. The maximum atomic E-state index is 5.13. The monoisotopic (exact) mass is 736 g/mol. The molecule has 0 saturated carbocycles. The third-order valence-corrected chi connectivity index (χ3v) is 13.1. The Morgan fingerprint density at radius 3 is 1.71 bits per heavy atom. The summed E-state index contributed by atoms with van der Waals surface area (Å²) in [5.74, 6) is 1.99. The molecule has 0 saturated heterocycles. The van der Waals surface area contributed by atoms with Crippen LogP contribution in [0.15, 0.2) is 170 Å². The first kappa shape index (κ1) is 30.7. The van der Waals surface area contributed by atoms with Crippen LogP contribution in [0.2, 0.25) is 0 Å². The Kier molecular flexibility index (Phi) is 6.64. The van der Waals surface area contributed by atoms with Crippen LogP contribution in [0.1, 0.15) is 0 Å². The summed E-state index contributed by atoms with van der Waals surface area (Å²) in [7, 11) is 0. The van der Waals surface area contributed by atoms with Gasteiger partial charge in [-0.15, -0.1) is 22.7 Å². The number of aromatic nitrogens is 4. The molecule has 0 atom stereocenters. The van der Waals surface area contributed by atoms with Gasteiger partial charge in [-0.05, 0) is 53.2 Å². The molecule has 0 N–H and O–H groups in total. The van der Waals surface area contributed by atoms with Crippen molar-refractivity contribution in [3.05, 3.63) is 170 Å². The fourth-order valence-electron chi connectivity index (χ4n) is 8.35. The second kappa shape index (κ2) is 11.9. The summed E-state index contributed by atoms with van der Waals surface area (Å²) in [4.78, 5) is 15.2. The first-order valence-corrected chi connectivity index (χ1v) is 20.0. The van der Waals surface area contributed by atoms with E-state index in [1.54, 1.807) is 0 Å². The Bertz CT molecular complexity index is 3430. The van der Waals surface area contributed by atoms with Crippen LogP contribution in [-0.4, -0.2) is 19.5 Å². The SMILES string of the molecule is c1ccc(-c2nc(-c3ccccc3)nc(-c3cc4sc5cc(-n6c7ccccc7c7cc8sc9ccccc9c8cc76)ccc5c4c4ccccc34)n2)cc1. The maximum Gasteiger partial charge on any atom is 0.164 e. The average molecular weight is 737 g/mol. The van der Waals surface area contributed by atoms with E-state index in [9.17, 15) is 0 Å². The van der Waals surface area contributed by atoms with Crippen LogP contribution < -0.4 is 0 Å². The van der Waals surface area contributed by atoms with Crippen molar-refractivity contribution >= 4 is 95.6 Å². The molecule has 12 aromatic rings. The largest absolute Gasteiger partial charge is 0.309 e. The summed E-state index contributed by atoms with van der Waals surface area (Å²) in [6.07, 6.45) is 0. The molecule has 0 aliphatic carbocycles. The fourth-order valence-corrected chi connectivity index (χ4v) is 10.7. The molecule has 0 aliphatic rings. The van der Waals surface area contributed by atoms with Gasteiger partial charge in [-0.3, -0.25) is 0 Å². The van der Waals surface area contributed by atoms with E-state index in [1.165, 1.54) is 67.5 Å². The van der Waals surface area contributed by atoms with Crippen LogP contribution in [0, 0.1) is 0 Å². The maximum absolute atomic E-state index is 5.13. The molecule has 0 aliphatic heterocycles. The van der Waals surface area contributed by atoms with Crippen molar-refractivity contribution in [2.75, 3.05) is 0 Å². The van der Waals surface area contributed by atoms with E-state index in [1.807, 2.05) is 59.1 Å². The van der Waals surface area contributed by atoms with Gasteiger partial charge >= 0.3 is 0 Å². The Morgan fingerprint density at radius 1 is 0.345 bits per heavy atom. The smallest absolute Gasteiger partial charge is 0.164 e. The minimum absolute atomic E-state index is 0.661. The van der Waals surface area contributed by atoms with Gasteiger partial charge in [0.2, 0.25) is 0 Å². The summed E-state index contributed by atoms with van der Waals surface area (Å²) in [6.45, 7) is 0. The molecule has 12 rings (SSSR count). The number of para-hydroxylation sites is 1. The lowest BCUT2D eigenvalue weighted by Crippen LogP contribution is -2.00. The number of rotatable bonds is 4. The Labute approximate surface area is 323 Å². The van der Waals surface area contributed by atoms with Crippen LogP contribution in [0.5, 0.6) is 0 Å². The molecule has 55 heavy (non-hydrogen) atoms. The first-order valence-electron chi connectivity index (χ1n) is 18.4. The zero-order valence-electron chi connectivity index (χ0n) is 29.3. The number of fused-ring (bicyclic) bond motifs is 11. The van der Waals surface area contributed by atoms with E-state index >= 15 is 0 Å². The van der Waals surface area contributed by atoms with Crippen molar-refractivity contribution in [2.24, 2.45) is 0 Å². The van der Waals surface area contributed by atoms with Gasteiger partial charge in [0.25, 0.3) is 0 Å². The molecule has 4 heterocycles. The molecule has 4 nitrogen and oxygen atoms in total. The summed E-state index contributed by atoms with van der Waals surface area (Å²) < 4.78 is 7.55. The van der Waals surface area contributed by atoms with Crippen molar-refractivity contribution in [3.8, 4) is 39.9 Å². The zero-order chi connectivity index (χ0) is 36.0. The van der Waals surface area contributed by atoms with E-state index in [-0.39, 0.29) is 0 Å². The van der Waals surface area contributed by atoms with Gasteiger partial charge in [-0.25, -0.2) is 15.0 Å². The highest BCUT2D eigenvalue weighted by Crippen LogP contribution is 2.45. The molecule has 0 spiro atoms. The van der Waals surface area contributed by atoms with Crippen molar-refractivity contribution in [1.29, 1.82) is 0 Å². The molecule has 0 amide bonds. The molecule has 6 heteroatoms. The lowest BCUT2D eigenvalue weighted by Gasteiger charge is -2.11. The zero-order valence-corrected chi connectivity index (χ0v) is 30.9. The standard InChI is InChI=1S/C49H28N4S2/c1-3-13-29(14-4-1)47-50-48(30-15-5-2-6-16-30)52-49(51-47)39-28-45-46(35-20-8-7-17-32(35)39)36-24-23-31(25-43(36)55-45)53-40-21-11-9-18-33(40)37-27-44-38(26-41(37)53)34-19-10-12-22-42(34)54-44/h1-28H. The van der Waals surface area contributed by atoms with E-state index < -0.39 is 0 Å². The van der Waals surface area contributed by atoms with Crippen LogP contribution in [0.25, 0.3) is 113 Å². The van der Waals surface area contributed by atoms with Crippen molar-refractivity contribution in [1.82, 2.24) is 19.5 Å². The van der Waals surface area contributed by atoms with Crippen LogP contribution in [0.3, 0.4) is 0 Å². The topological polar surface area (TPSA) is 43.6 Å². The van der Waals surface area contributed by atoms with E-state index in [4.69, 9.17) is 15.0 Å². The number of hydrogen-bond donors (Lipinski definition) is 0. The van der Waals surface area contributed by atoms with Crippen LogP contribution in [-0.2, 0) is 0 Å². The Morgan fingerprint density at radius 2 is 0.945 bits per heavy atom. The average Bonchev–Trinajstić information content (AvgIpc) is 3.91. The highest BCUT2D eigenvalue weighted by molar-refractivity contribution is 7.26. The van der Waals surface area contributed by atoms with E-state index in [0.717, 1.165) is 27.8 Å². The van der Waals surface area contributed by atoms with Gasteiger partial charge in [0.15, 0.2) is 17.5 Å². The third kappa shape index (κ3) is 4.72. The highest BCUT2D eigenvalue weighted by Gasteiger charge is 2.20. The number of benzene rings is 8. The van der Waals surface area contributed by atoms with Gasteiger partial charge < -0.3 is 4.57 Å². The number of hydrogen-bond acceptors (Lipinski definition) is 5. The number of nitrogens with zero attached hydrogens (tertiary/aromatic N) is 4. The molecule has 256 valence electrons. The minimum Gasteiger partial charge on any atom is -0.309 e. The minimum atomic E-state index is 0.661. The number of thiophene rings is 2. The van der Waals surface area contributed by atoms with Gasteiger partial charge in [0.1, 0.15) is 0 Å². The van der Waals surface area contributed by atoms with Crippen molar-refractivity contribution in [2.45, 2.75) is 0 Å². The molecule has 0 unspecified atom stereocenters. The van der Waals surface area contributed by atoms with Gasteiger partial charge in [0, 0.05) is 73.5 Å². The van der Waals surface area contributed by atoms with Crippen LogP contribution in [0.4, 0.5) is 0 Å². The summed E-state index contributed by atoms with van der Waals surface area (Å²) >= 11 is 3.71. The molecular formula is C49H28N4S2. The Hall–Kier alpha value is -6.73. The lowest BCUT2D eigenvalue weighted by atomic mass is 9.98. The van der Waals surface area contributed by atoms with Crippen molar-refractivity contribution in [3.63, 3.8) is 0 Å². The lowest BCUT2D eigenvalue weighted by molar-refractivity contribution is 1.08. The predicted octanol–water partition coefficient (Wildman–Crippen LogP) is 13.9. The third-order valence-electron chi connectivity index (χ3n) is 10.8. The second-order valence-electron chi connectivity index (χ2n) is 14.0.